The van der Waals surface area contributed by atoms with Gasteiger partial charge in [0.05, 0.1) is 0 Å². The SMILES string of the molecule is CCCCCNn1cn[nH]c1=S. The van der Waals surface area contributed by atoms with Crippen molar-refractivity contribution in [2.75, 3.05) is 12.0 Å². The van der Waals surface area contributed by atoms with Crippen LogP contribution in [0.15, 0.2) is 6.33 Å². The van der Waals surface area contributed by atoms with Gasteiger partial charge in [-0.05, 0) is 18.6 Å². The van der Waals surface area contributed by atoms with Crippen LogP contribution < -0.4 is 5.43 Å². The van der Waals surface area contributed by atoms with Gasteiger partial charge in [0.25, 0.3) is 0 Å². The van der Waals surface area contributed by atoms with Gasteiger partial charge in [-0.1, -0.05) is 19.8 Å². The molecule has 0 aliphatic heterocycles. The van der Waals surface area contributed by atoms with E-state index in [1.165, 1.54) is 19.3 Å². The molecular formula is C7H14N4S. The Morgan fingerprint density at radius 1 is 1.67 bits per heavy atom. The van der Waals surface area contributed by atoms with Crippen molar-refractivity contribution in [3.63, 3.8) is 0 Å². The van der Waals surface area contributed by atoms with Crippen molar-refractivity contribution in [2.45, 2.75) is 26.2 Å². The van der Waals surface area contributed by atoms with Crippen molar-refractivity contribution in [1.29, 1.82) is 0 Å². The minimum atomic E-state index is 0.617. The van der Waals surface area contributed by atoms with Gasteiger partial charge in [0, 0.05) is 6.54 Å². The molecule has 0 fully saturated rings. The third kappa shape index (κ3) is 2.65. The third-order valence-corrected chi connectivity index (χ3v) is 1.90. The number of H-pyrrole nitrogens is 1. The van der Waals surface area contributed by atoms with Crippen molar-refractivity contribution < 1.29 is 0 Å². The molecule has 0 aromatic carbocycles. The summed E-state index contributed by atoms with van der Waals surface area (Å²) in [6.07, 6.45) is 5.30. The molecule has 0 aliphatic rings. The first-order chi connectivity index (χ1) is 5.84. The largest absolute Gasteiger partial charge is 0.322 e. The third-order valence-electron chi connectivity index (χ3n) is 1.61. The summed E-state index contributed by atoms with van der Waals surface area (Å²) in [7, 11) is 0. The maximum Gasteiger partial charge on any atom is 0.214 e. The van der Waals surface area contributed by atoms with E-state index in [2.05, 4.69) is 22.5 Å². The molecule has 0 unspecified atom stereocenters. The smallest absolute Gasteiger partial charge is 0.214 e. The molecule has 0 radical (unpaired) electrons. The van der Waals surface area contributed by atoms with E-state index in [-0.39, 0.29) is 0 Å². The van der Waals surface area contributed by atoms with Crippen LogP contribution in [-0.4, -0.2) is 21.4 Å². The van der Waals surface area contributed by atoms with Crippen molar-refractivity contribution in [2.24, 2.45) is 0 Å². The van der Waals surface area contributed by atoms with Crippen LogP contribution in [0.2, 0.25) is 0 Å². The van der Waals surface area contributed by atoms with E-state index in [0.717, 1.165) is 6.54 Å². The Kier molecular flexibility index (Phi) is 3.79. The summed E-state index contributed by atoms with van der Waals surface area (Å²) < 4.78 is 2.34. The Morgan fingerprint density at radius 3 is 3.08 bits per heavy atom. The molecule has 5 heteroatoms. The van der Waals surface area contributed by atoms with Crippen LogP contribution in [0, 0.1) is 4.77 Å². The second-order valence-corrected chi connectivity index (χ2v) is 3.03. The highest BCUT2D eigenvalue weighted by Crippen LogP contribution is 1.92. The summed E-state index contributed by atoms with van der Waals surface area (Å²) in [4.78, 5) is 0. The van der Waals surface area contributed by atoms with Gasteiger partial charge >= 0.3 is 0 Å². The summed E-state index contributed by atoms with van der Waals surface area (Å²) in [5.41, 5.74) is 3.15. The van der Waals surface area contributed by atoms with Crippen LogP contribution in [0.4, 0.5) is 0 Å². The van der Waals surface area contributed by atoms with Crippen LogP contribution in [0.1, 0.15) is 26.2 Å². The molecule has 12 heavy (non-hydrogen) atoms. The molecule has 0 bridgehead atoms. The van der Waals surface area contributed by atoms with Gasteiger partial charge in [-0.25, -0.2) is 4.68 Å². The molecule has 0 aliphatic carbocycles. The maximum absolute atomic E-state index is 4.95. The fraction of sp³-hybridized carbons (Fsp3) is 0.714. The van der Waals surface area contributed by atoms with Gasteiger partial charge in [-0.3, -0.25) is 5.10 Å². The lowest BCUT2D eigenvalue weighted by atomic mass is 10.2. The number of unbranched alkanes of at least 4 members (excludes halogenated alkanes) is 2. The predicted molar refractivity (Wildman–Crippen MR) is 51.2 cm³/mol. The first kappa shape index (κ1) is 9.25. The van der Waals surface area contributed by atoms with Gasteiger partial charge in [-0.15, -0.1) is 0 Å². The van der Waals surface area contributed by atoms with Gasteiger partial charge in [0.15, 0.2) is 0 Å². The molecule has 1 rings (SSSR count). The lowest BCUT2D eigenvalue weighted by Gasteiger charge is -2.04. The van der Waals surface area contributed by atoms with Crippen molar-refractivity contribution >= 4 is 12.2 Å². The van der Waals surface area contributed by atoms with Gasteiger partial charge in [0.2, 0.25) is 4.77 Å². The Morgan fingerprint density at radius 2 is 2.50 bits per heavy atom. The summed E-state index contributed by atoms with van der Waals surface area (Å²) in [5, 5.41) is 6.47. The second kappa shape index (κ2) is 4.92. The molecule has 0 amide bonds. The van der Waals surface area contributed by atoms with E-state index in [1.54, 1.807) is 11.0 Å². The van der Waals surface area contributed by atoms with Crippen molar-refractivity contribution in [3.8, 4) is 0 Å². The van der Waals surface area contributed by atoms with E-state index in [4.69, 9.17) is 12.2 Å². The number of rotatable bonds is 5. The Bertz CT molecular complexity index is 264. The first-order valence-corrected chi connectivity index (χ1v) is 4.61. The van der Waals surface area contributed by atoms with E-state index >= 15 is 0 Å². The van der Waals surface area contributed by atoms with E-state index in [9.17, 15) is 0 Å². The van der Waals surface area contributed by atoms with E-state index in [0.29, 0.717) is 4.77 Å². The molecule has 1 aromatic rings. The molecule has 1 heterocycles. The zero-order chi connectivity index (χ0) is 8.81. The zero-order valence-electron chi connectivity index (χ0n) is 7.21. The average Bonchev–Trinajstić information content (AvgIpc) is 2.46. The van der Waals surface area contributed by atoms with Crippen LogP contribution in [0.3, 0.4) is 0 Å². The minimum Gasteiger partial charge on any atom is -0.322 e. The Balaban J connectivity index is 2.24. The first-order valence-electron chi connectivity index (χ1n) is 4.20. The van der Waals surface area contributed by atoms with Crippen molar-refractivity contribution in [3.05, 3.63) is 11.1 Å². The highest BCUT2D eigenvalue weighted by molar-refractivity contribution is 7.71. The van der Waals surface area contributed by atoms with Crippen LogP contribution in [0.5, 0.6) is 0 Å². The summed E-state index contributed by atoms with van der Waals surface area (Å²) in [6.45, 7) is 3.13. The molecule has 0 atom stereocenters. The molecule has 4 nitrogen and oxygen atoms in total. The van der Waals surface area contributed by atoms with Gasteiger partial charge in [-0.2, -0.15) is 5.10 Å². The monoisotopic (exact) mass is 186 g/mol. The highest BCUT2D eigenvalue weighted by Gasteiger charge is 1.90. The molecule has 2 N–H and O–H groups in total. The van der Waals surface area contributed by atoms with E-state index < -0.39 is 0 Å². The second-order valence-electron chi connectivity index (χ2n) is 2.65. The molecule has 1 aromatic heterocycles. The number of hydrogen-bond acceptors (Lipinski definition) is 3. The number of aromatic nitrogens is 3. The normalized spacial score (nSPS) is 10.1. The van der Waals surface area contributed by atoms with Crippen LogP contribution >= 0.6 is 12.2 Å². The van der Waals surface area contributed by atoms with Crippen LogP contribution in [0.25, 0.3) is 0 Å². The summed E-state index contributed by atoms with van der Waals surface area (Å²) in [5.74, 6) is 0. The summed E-state index contributed by atoms with van der Waals surface area (Å²) >= 11 is 4.95. The standard InChI is InChI=1S/C7H14N4S/c1-2-3-4-5-9-11-6-8-10-7(11)12/h6,9H,2-5H2,1H3,(H,10,12). The maximum atomic E-state index is 4.95. The lowest BCUT2D eigenvalue weighted by Crippen LogP contribution is -2.14. The Hall–Kier alpha value is -0.840. The highest BCUT2D eigenvalue weighted by atomic mass is 32.1. The fourth-order valence-electron chi connectivity index (χ4n) is 0.935. The quantitative estimate of drug-likeness (QED) is 0.543. The minimum absolute atomic E-state index is 0.617. The lowest BCUT2D eigenvalue weighted by molar-refractivity contribution is 0.698. The number of aromatic amines is 1. The average molecular weight is 186 g/mol. The number of nitrogens with one attached hydrogen (secondary N) is 2. The number of hydrogen-bond donors (Lipinski definition) is 2. The van der Waals surface area contributed by atoms with Gasteiger partial charge < -0.3 is 5.43 Å². The molecule has 0 saturated heterocycles. The molecule has 68 valence electrons. The van der Waals surface area contributed by atoms with E-state index in [1.807, 2.05) is 0 Å². The predicted octanol–water partition coefficient (Wildman–Crippen LogP) is 1.67. The summed E-state index contributed by atoms with van der Waals surface area (Å²) in [6, 6.07) is 0. The van der Waals surface area contributed by atoms with Crippen molar-refractivity contribution in [1.82, 2.24) is 14.9 Å². The zero-order valence-corrected chi connectivity index (χ0v) is 8.02. The fourth-order valence-corrected chi connectivity index (χ4v) is 1.10. The van der Waals surface area contributed by atoms with Crippen LogP contribution in [-0.2, 0) is 0 Å². The topological polar surface area (TPSA) is 45.6 Å². The van der Waals surface area contributed by atoms with Gasteiger partial charge in [0.1, 0.15) is 6.33 Å². The molecule has 0 saturated carbocycles. The number of nitrogens with zero attached hydrogens (tertiary/aromatic N) is 2. The molecule has 0 spiro atoms. The molecular weight excluding hydrogens is 172 g/mol. The Labute approximate surface area is 77.0 Å².